The van der Waals surface area contributed by atoms with Crippen LogP contribution in [0.25, 0.3) is 22.5 Å². The smallest absolute Gasteiger partial charge is 0.253 e. The molecule has 2 saturated heterocycles. The highest BCUT2D eigenvalue weighted by Crippen LogP contribution is 2.27. The quantitative estimate of drug-likeness (QED) is 0.587. The maximum Gasteiger partial charge on any atom is 0.253 e. The summed E-state index contributed by atoms with van der Waals surface area (Å²) in [5.41, 5.74) is 5.85. The van der Waals surface area contributed by atoms with E-state index in [9.17, 15) is 9.59 Å². The number of carbonyl (C=O) groups excluding carboxylic acids is 2. The molecule has 34 heavy (non-hydrogen) atoms. The van der Waals surface area contributed by atoms with Crippen LogP contribution in [0.5, 0.6) is 0 Å². The minimum Gasteiger partial charge on any atom is -0.372 e. The van der Waals surface area contributed by atoms with E-state index in [4.69, 9.17) is 0 Å². The maximum absolute atomic E-state index is 12.9. The predicted molar refractivity (Wildman–Crippen MR) is 134 cm³/mol. The number of aromatic amines is 1. The molecule has 0 bridgehead atoms. The molecule has 0 unspecified atom stereocenters. The second-order valence-electron chi connectivity index (χ2n) is 9.13. The van der Waals surface area contributed by atoms with Crippen molar-refractivity contribution in [2.24, 2.45) is 0 Å². The second-order valence-corrected chi connectivity index (χ2v) is 9.13. The number of benzene rings is 2. The standard InChI is InChI=1S/C27H31N5O2/c33-20-30-13-4-16-32(18-17-30)27(34)23-7-5-21(6-8-23)25-19-26(29-28-25)22-9-11-24(12-10-22)31-14-2-1-3-15-31/h5-12,19-20H,1-4,13-18H2,(H,28,29). The zero-order valence-corrected chi connectivity index (χ0v) is 19.4. The van der Waals surface area contributed by atoms with Gasteiger partial charge in [0.15, 0.2) is 0 Å². The Morgan fingerprint density at radius 2 is 1.53 bits per heavy atom. The molecule has 2 aliphatic rings. The SMILES string of the molecule is O=CN1CCCN(C(=O)c2ccc(-c3cc(-c4ccc(N5CCCCC5)cc4)n[nH]3)cc2)CC1. The van der Waals surface area contributed by atoms with E-state index >= 15 is 0 Å². The molecule has 3 aromatic rings. The fraction of sp³-hybridized carbons (Fsp3) is 0.370. The number of aromatic nitrogens is 2. The Kier molecular flexibility index (Phi) is 6.60. The molecule has 176 valence electrons. The normalized spacial score (nSPS) is 16.9. The van der Waals surface area contributed by atoms with Crippen molar-refractivity contribution in [3.63, 3.8) is 0 Å². The van der Waals surface area contributed by atoms with Gasteiger partial charge in [0.1, 0.15) is 0 Å². The molecule has 7 heteroatoms. The highest BCUT2D eigenvalue weighted by Gasteiger charge is 2.20. The number of carbonyl (C=O) groups is 2. The molecular weight excluding hydrogens is 426 g/mol. The van der Waals surface area contributed by atoms with Crippen molar-refractivity contribution in [3.8, 4) is 22.5 Å². The molecule has 2 aromatic carbocycles. The summed E-state index contributed by atoms with van der Waals surface area (Å²) in [5.74, 6) is 0.0124. The lowest BCUT2D eigenvalue weighted by atomic mass is 10.1. The summed E-state index contributed by atoms with van der Waals surface area (Å²) in [6, 6.07) is 18.4. The van der Waals surface area contributed by atoms with Crippen LogP contribution in [-0.4, -0.2) is 71.6 Å². The summed E-state index contributed by atoms with van der Waals surface area (Å²) in [6.45, 7) is 4.81. The van der Waals surface area contributed by atoms with E-state index in [1.807, 2.05) is 29.2 Å². The summed E-state index contributed by atoms with van der Waals surface area (Å²) in [6.07, 6.45) is 5.54. The number of amides is 2. The summed E-state index contributed by atoms with van der Waals surface area (Å²) in [4.78, 5) is 30.0. The van der Waals surface area contributed by atoms with Crippen molar-refractivity contribution in [3.05, 3.63) is 60.2 Å². The largest absolute Gasteiger partial charge is 0.372 e. The predicted octanol–water partition coefficient (Wildman–Crippen LogP) is 4.04. The molecule has 3 heterocycles. The summed E-state index contributed by atoms with van der Waals surface area (Å²) in [7, 11) is 0. The number of nitrogens with one attached hydrogen (secondary N) is 1. The topological polar surface area (TPSA) is 72.5 Å². The van der Waals surface area contributed by atoms with Crippen molar-refractivity contribution in [1.29, 1.82) is 0 Å². The van der Waals surface area contributed by atoms with Gasteiger partial charge < -0.3 is 14.7 Å². The fourth-order valence-corrected chi connectivity index (χ4v) is 4.83. The highest BCUT2D eigenvalue weighted by molar-refractivity contribution is 5.94. The Balaban J connectivity index is 1.25. The summed E-state index contributed by atoms with van der Waals surface area (Å²) >= 11 is 0. The van der Waals surface area contributed by atoms with Crippen LogP contribution in [0.1, 0.15) is 36.0 Å². The highest BCUT2D eigenvalue weighted by atomic mass is 16.2. The van der Waals surface area contributed by atoms with Crippen molar-refractivity contribution in [2.75, 3.05) is 44.2 Å². The maximum atomic E-state index is 12.9. The van der Waals surface area contributed by atoms with Crippen LogP contribution >= 0.6 is 0 Å². The molecular formula is C27H31N5O2. The average molecular weight is 458 g/mol. The Hall–Kier alpha value is -3.61. The van der Waals surface area contributed by atoms with Crippen LogP contribution in [0.3, 0.4) is 0 Å². The molecule has 2 aliphatic heterocycles. The zero-order chi connectivity index (χ0) is 23.3. The first-order valence-electron chi connectivity index (χ1n) is 12.2. The number of anilines is 1. The molecule has 0 spiro atoms. The van der Waals surface area contributed by atoms with E-state index in [1.165, 1.54) is 24.9 Å². The molecule has 5 rings (SSSR count). The lowest BCUT2D eigenvalue weighted by Gasteiger charge is -2.28. The van der Waals surface area contributed by atoms with Gasteiger partial charge in [0.2, 0.25) is 6.41 Å². The first-order valence-corrected chi connectivity index (χ1v) is 12.2. The fourth-order valence-electron chi connectivity index (χ4n) is 4.83. The lowest BCUT2D eigenvalue weighted by Crippen LogP contribution is -2.34. The number of hydrogen-bond donors (Lipinski definition) is 1. The van der Waals surface area contributed by atoms with Crippen LogP contribution < -0.4 is 4.90 Å². The number of rotatable bonds is 5. The first-order chi connectivity index (χ1) is 16.7. The van der Waals surface area contributed by atoms with Crippen molar-refractivity contribution >= 4 is 18.0 Å². The third-order valence-electron chi connectivity index (χ3n) is 6.87. The van der Waals surface area contributed by atoms with Gasteiger partial charge in [0.25, 0.3) is 5.91 Å². The van der Waals surface area contributed by atoms with E-state index < -0.39 is 0 Å². The van der Waals surface area contributed by atoms with Gasteiger partial charge in [-0.15, -0.1) is 0 Å². The van der Waals surface area contributed by atoms with Crippen molar-refractivity contribution in [2.45, 2.75) is 25.7 Å². The number of hydrogen-bond acceptors (Lipinski definition) is 4. The van der Waals surface area contributed by atoms with Crippen LogP contribution in [0.15, 0.2) is 54.6 Å². The van der Waals surface area contributed by atoms with Crippen LogP contribution in [-0.2, 0) is 4.79 Å². The van der Waals surface area contributed by atoms with Gasteiger partial charge in [-0.25, -0.2) is 0 Å². The molecule has 7 nitrogen and oxygen atoms in total. The number of piperidine rings is 1. The molecule has 0 aliphatic carbocycles. The molecule has 0 radical (unpaired) electrons. The monoisotopic (exact) mass is 457 g/mol. The van der Waals surface area contributed by atoms with Gasteiger partial charge in [-0.1, -0.05) is 24.3 Å². The van der Waals surface area contributed by atoms with E-state index in [2.05, 4.69) is 45.4 Å². The van der Waals surface area contributed by atoms with Gasteiger partial charge >= 0.3 is 0 Å². The Bertz CT molecular complexity index is 1120. The molecule has 1 N–H and O–H groups in total. The van der Waals surface area contributed by atoms with Crippen LogP contribution in [0, 0.1) is 0 Å². The average Bonchev–Trinajstić information content (AvgIpc) is 3.27. The molecule has 1 aromatic heterocycles. The third-order valence-corrected chi connectivity index (χ3v) is 6.87. The van der Waals surface area contributed by atoms with E-state index in [0.717, 1.165) is 48.4 Å². The van der Waals surface area contributed by atoms with Gasteiger partial charge in [0, 0.05) is 56.1 Å². The Morgan fingerprint density at radius 3 is 2.26 bits per heavy atom. The van der Waals surface area contributed by atoms with E-state index in [-0.39, 0.29) is 5.91 Å². The third kappa shape index (κ3) is 4.83. The molecule has 2 fully saturated rings. The first kappa shape index (κ1) is 22.2. The number of nitrogens with zero attached hydrogens (tertiary/aromatic N) is 4. The van der Waals surface area contributed by atoms with Gasteiger partial charge in [-0.05, 0) is 61.6 Å². The second kappa shape index (κ2) is 10.1. The number of H-pyrrole nitrogens is 1. The van der Waals surface area contributed by atoms with Gasteiger partial charge in [-0.2, -0.15) is 5.10 Å². The lowest BCUT2D eigenvalue weighted by molar-refractivity contribution is -0.118. The van der Waals surface area contributed by atoms with E-state index in [0.29, 0.717) is 31.7 Å². The summed E-state index contributed by atoms with van der Waals surface area (Å²) in [5, 5.41) is 7.65. The summed E-state index contributed by atoms with van der Waals surface area (Å²) < 4.78 is 0. The minimum atomic E-state index is 0.0124. The molecule has 2 amide bonds. The Morgan fingerprint density at radius 1 is 0.794 bits per heavy atom. The van der Waals surface area contributed by atoms with Crippen molar-refractivity contribution < 1.29 is 9.59 Å². The van der Waals surface area contributed by atoms with Crippen LogP contribution in [0.2, 0.25) is 0 Å². The Labute approximate surface area is 200 Å². The van der Waals surface area contributed by atoms with Crippen LogP contribution in [0.4, 0.5) is 5.69 Å². The molecule has 0 saturated carbocycles. The van der Waals surface area contributed by atoms with Crippen molar-refractivity contribution in [1.82, 2.24) is 20.0 Å². The van der Waals surface area contributed by atoms with Gasteiger partial charge in [-0.3, -0.25) is 14.7 Å². The minimum absolute atomic E-state index is 0.0124. The molecule has 0 atom stereocenters. The van der Waals surface area contributed by atoms with Gasteiger partial charge in [0.05, 0.1) is 11.4 Å². The van der Waals surface area contributed by atoms with E-state index in [1.54, 1.807) is 4.90 Å². The zero-order valence-electron chi connectivity index (χ0n) is 19.4.